The third-order valence-electron chi connectivity index (χ3n) is 7.81. The Morgan fingerprint density at radius 1 is 0.800 bits per heavy atom. The van der Waals surface area contributed by atoms with E-state index in [0.29, 0.717) is 5.78 Å². The van der Waals surface area contributed by atoms with Crippen LogP contribution in [-0.2, 0) is 4.79 Å². The zero-order valence-electron chi connectivity index (χ0n) is 18.0. The summed E-state index contributed by atoms with van der Waals surface area (Å²) in [6.45, 7) is 2.26. The van der Waals surface area contributed by atoms with E-state index in [1.54, 1.807) is 14.2 Å². The third-order valence-corrected chi connectivity index (χ3v) is 7.81. The molecule has 3 saturated carbocycles. The smallest absolute Gasteiger partial charge is 0.139 e. The van der Waals surface area contributed by atoms with E-state index in [1.165, 1.54) is 24.0 Å². The van der Waals surface area contributed by atoms with Crippen LogP contribution in [-0.4, -0.2) is 43.5 Å². The summed E-state index contributed by atoms with van der Waals surface area (Å²) < 4.78 is 10.7. The average molecular weight is 406 g/mol. The quantitative estimate of drug-likeness (QED) is 0.717. The van der Waals surface area contributed by atoms with Crippen molar-refractivity contribution in [1.82, 2.24) is 4.90 Å². The molecular weight excluding hydrogens is 374 g/mol. The highest BCUT2D eigenvalue weighted by atomic mass is 16.5. The number of methoxy groups -OCH3 is 2. The molecule has 4 aliphatic rings. The molecule has 1 saturated heterocycles. The number of ether oxygens (including phenoxy) is 2. The lowest BCUT2D eigenvalue weighted by atomic mass is 9.52. The predicted molar refractivity (Wildman–Crippen MR) is 117 cm³/mol. The lowest BCUT2D eigenvalue weighted by Crippen LogP contribution is -2.60. The van der Waals surface area contributed by atoms with Crippen LogP contribution in [0.5, 0.6) is 11.5 Å². The van der Waals surface area contributed by atoms with E-state index < -0.39 is 0 Å². The molecule has 0 radical (unpaired) electrons. The van der Waals surface area contributed by atoms with Crippen LogP contribution in [0.15, 0.2) is 48.5 Å². The van der Waals surface area contributed by atoms with Crippen LogP contribution < -0.4 is 9.47 Å². The van der Waals surface area contributed by atoms with Crippen molar-refractivity contribution < 1.29 is 14.3 Å². The zero-order chi connectivity index (χ0) is 20.7. The van der Waals surface area contributed by atoms with E-state index in [9.17, 15) is 4.79 Å². The van der Waals surface area contributed by atoms with Crippen LogP contribution >= 0.6 is 0 Å². The van der Waals surface area contributed by atoms with Gasteiger partial charge in [0.25, 0.3) is 0 Å². The molecule has 2 aromatic rings. The van der Waals surface area contributed by atoms with Gasteiger partial charge in [-0.1, -0.05) is 24.3 Å². The van der Waals surface area contributed by atoms with Crippen molar-refractivity contribution in [2.45, 2.75) is 49.5 Å². The Bertz CT molecular complexity index is 841. The number of nitrogens with zero attached hydrogens (tertiary/aromatic N) is 1. The van der Waals surface area contributed by atoms with E-state index in [0.717, 1.165) is 43.9 Å². The maximum absolute atomic E-state index is 13.6. The van der Waals surface area contributed by atoms with Gasteiger partial charge in [0.15, 0.2) is 0 Å². The van der Waals surface area contributed by atoms with Gasteiger partial charge in [-0.25, -0.2) is 0 Å². The van der Waals surface area contributed by atoms with Crippen LogP contribution in [0, 0.1) is 5.92 Å². The normalized spacial score (nSPS) is 31.1. The third kappa shape index (κ3) is 3.22. The molecule has 158 valence electrons. The molecule has 0 amide bonds. The van der Waals surface area contributed by atoms with E-state index in [4.69, 9.17) is 9.47 Å². The van der Waals surface area contributed by atoms with Crippen molar-refractivity contribution in [3.8, 4) is 11.5 Å². The van der Waals surface area contributed by atoms with Crippen molar-refractivity contribution in [2.75, 3.05) is 27.3 Å². The number of fused-ring (bicyclic) bond motifs is 3. The molecule has 2 atom stereocenters. The first-order valence-corrected chi connectivity index (χ1v) is 11.2. The average Bonchev–Trinajstić information content (AvgIpc) is 3.35. The molecule has 30 heavy (non-hydrogen) atoms. The van der Waals surface area contributed by atoms with Gasteiger partial charge in [0.05, 0.1) is 14.2 Å². The second kappa shape index (κ2) is 7.73. The number of Topliss-reactive ketones (excluding diaryl/α,β-unsaturated/α-hetero) is 1. The van der Waals surface area contributed by atoms with Gasteiger partial charge in [-0.3, -0.25) is 9.69 Å². The molecule has 2 bridgehead atoms. The molecule has 0 spiro atoms. The Morgan fingerprint density at radius 3 is 1.70 bits per heavy atom. The number of ketones is 1. The van der Waals surface area contributed by atoms with Gasteiger partial charge in [-0.15, -0.1) is 0 Å². The van der Waals surface area contributed by atoms with Gasteiger partial charge < -0.3 is 9.47 Å². The SMILES string of the molecule is COc1ccc(C2CC3(N4CCCC4)CC(=O)C2C(c2ccc(OC)cc2)C3)cc1. The summed E-state index contributed by atoms with van der Waals surface area (Å²) in [5.74, 6) is 2.76. The first-order chi connectivity index (χ1) is 14.6. The first kappa shape index (κ1) is 19.6. The minimum Gasteiger partial charge on any atom is -0.497 e. The summed E-state index contributed by atoms with van der Waals surface area (Å²) in [4.78, 5) is 16.2. The highest BCUT2D eigenvalue weighted by Gasteiger charge is 2.57. The fourth-order valence-electron chi connectivity index (χ4n) is 6.39. The largest absolute Gasteiger partial charge is 0.497 e. The minimum atomic E-state index is -0.00246. The van der Waals surface area contributed by atoms with Crippen LogP contribution in [0.2, 0.25) is 0 Å². The Hall–Kier alpha value is -2.33. The van der Waals surface area contributed by atoms with Crippen molar-refractivity contribution in [3.05, 3.63) is 59.7 Å². The fraction of sp³-hybridized carbons (Fsp3) is 0.500. The highest BCUT2D eigenvalue weighted by molar-refractivity contribution is 5.87. The van der Waals surface area contributed by atoms with Crippen molar-refractivity contribution >= 4 is 5.78 Å². The lowest BCUT2D eigenvalue weighted by Gasteiger charge is -2.57. The number of benzene rings is 2. The van der Waals surface area contributed by atoms with Gasteiger partial charge in [0, 0.05) is 17.9 Å². The van der Waals surface area contributed by atoms with Crippen LogP contribution in [0.4, 0.5) is 0 Å². The highest BCUT2D eigenvalue weighted by Crippen LogP contribution is 2.58. The summed E-state index contributed by atoms with van der Waals surface area (Å²) in [6.07, 6.45) is 5.39. The van der Waals surface area contributed by atoms with E-state index in [2.05, 4.69) is 29.2 Å². The van der Waals surface area contributed by atoms with E-state index in [1.807, 2.05) is 24.3 Å². The number of rotatable bonds is 5. The topological polar surface area (TPSA) is 38.8 Å². The molecule has 3 aliphatic carbocycles. The molecule has 4 heteroatoms. The zero-order valence-corrected chi connectivity index (χ0v) is 18.0. The van der Waals surface area contributed by atoms with Gasteiger partial charge in [0.1, 0.15) is 17.3 Å². The van der Waals surface area contributed by atoms with Crippen LogP contribution in [0.25, 0.3) is 0 Å². The van der Waals surface area contributed by atoms with Crippen molar-refractivity contribution in [2.24, 2.45) is 5.92 Å². The lowest BCUT2D eigenvalue weighted by molar-refractivity contribution is -0.139. The minimum absolute atomic E-state index is 0.00246. The Morgan fingerprint density at radius 2 is 1.27 bits per heavy atom. The summed E-state index contributed by atoms with van der Waals surface area (Å²) in [7, 11) is 3.40. The summed E-state index contributed by atoms with van der Waals surface area (Å²) in [5, 5.41) is 0. The van der Waals surface area contributed by atoms with Crippen molar-refractivity contribution in [3.63, 3.8) is 0 Å². The number of likely N-dealkylation sites (tertiary alicyclic amines) is 1. The van der Waals surface area contributed by atoms with Gasteiger partial charge in [-0.05, 0) is 86.0 Å². The molecule has 4 fully saturated rings. The van der Waals surface area contributed by atoms with Gasteiger partial charge in [0.2, 0.25) is 0 Å². The summed E-state index contributed by atoms with van der Waals surface area (Å²) in [5.41, 5.74) is 2.55. The molecule has 6 rings (SSSR count). The molecule has 2 aromatic carbocycles. The second-order valence-corrected chi connectivity index (χ2v) is 9.25. The van der Waals surface area contributed by atoms with E-state index in [-0.39, 0.29) is 23.3 Å². The maximum atomic E-state index is 13.6. The molecule has 4 nitrogen and oxygen atoms in total. The number of carbonyl (C=O) groups excluding carboxylic acids is 1. The molecular formula is C26H31NO3. The number of hydrogen-bond acceptors (Lipinski definition) is 4. The fourth-order valence-corrected chi connectivity index (χ4v) is 6.39. The second-order valence-electron chi connectivity index (χ2n) is 9.25. The molecule has 1 heterocycles. The summed E-state index contributed by atoms with van der Waals surface area (Å²) in [6, 6.07) is 16.8. The van der Waals surface area contributed by atoms with Crippen molar-refractivity contribution in [1.29, 1.82) is 0 Å². The standard InChI is InChI=1S/C26H31NO3/c1-29-20-9-5-18(6-10-20)22-15-26(27-13-3-4-14-27)16-23(25(22)24(28)17-26)19-7-11-21(30-2)12-8-19/h5-12,22-23,25H,3-4,13-17H2,1-2H3. The maximum Gasteiger partial charge on any atom is 0.139 e. The Kier molecular flexibility index (Phi) is 5.06. The Balaban J connectivity index is 1.56. The van der Waals surface area contributed by atoms with Crippen LogP contribution in [0.1, 0.15) is 55.1 Å². The van der Waals surface area contributed by atoms with Crippen LogP contribution in [0.3, 0.4) is 0 Å². The molecule has 2 unspecified atom stereocenters. The van der Waals surface area contributed by atoms with E-state index >= 15 is 0 Å². The first-order valence-electron chi connectivity index (χ1n) is 11.2. The molecule has 1 aliphatic heterocycles. The summed E-state index contributed by atoms with van der Waals surface area (Å²) >= 11 is 0. The monoisotopic (exact) mass is 405 g/mol. The Labute approximate surface area is 179 Å². The molecule has 0 N–H and O–H groups in total. The van der Waals surface area contributed by atoms with Gasteiger partial charge >= 0.3 is 0 Å². The predicted octanol–water partition coefficient (Wildman–Crippen LogP) is 4.79. The van der Waals surface area contributed by atoms with Gasteiger partial charge in [-0.2, -0.15) is 0 Å². The molecule has 0 aromatic heterocycles. The number of carbonyl (C=O) groups is 1. The number of hydrogen-bond donors (Lipinski definition) is 0.